The number of β-amino-alcohol motifs (C(OH)–C–C–N with tert-alkyl or cyclic N) is 1. The molecule has 0 aromatic carbocycles. The number of hydrogen-bond acceptors (Lipinski definition) is 4. The Morgan fingerprint density at radius 3 is 2.65 bits per heavy atom. The van der Waals surface area contributed by atoms with Gasteiger partial charge in [-0.2, -0.15) is 0 Å². The van der Waals surface area contributed by atoms with Crippen molar-refractivity contribution in [3.05, 3.63) is 0 Å². The fraction of sp³-hybridized carbons (Fsp3) is 0.917. The predicted octanol–water partition coefficient (Wildman–Crippen LogP) is 1.13. The number of amides is 1. The highest BCUT2D eigenvalue weighted by Crippen LogP contribution is 2.25. The van der Waals surface area contributed by atoms with Gasteiger partial charge in [-0.1, -0.05) is 0 Å². The van der Waals surface area contributed by atoms with Crippen LogP contribution in [0.1, 0.15) is 40.0 Å². The number of nitrogens with zero attached hydrogens (tertiary/aromatic N) is 1. The number of rotatable bonds is 2. The summed E-state index contributed by atoms with van der Waals surface area (Å²) in [7, 11) is 0. The van der Waals surface area contributed by atoms with E-state index in [4.69, 9.17) is 9.84 Å². The van der Waals surface area contributed by atoms with Crippen LogP contribution in [0.3, 0.4) is 0 Å². The standard InChI is InChI=1S/C12H23NO4/c1-11(2,3)17-10(15)13-7-4-5-12(16,9-13)6-8-14/h14,16H,4-9H2,1-3H3. The van der Waals surface area contributed by atoms with E-state index in [2.05, 4.69) is 0 Å². The van der Waals surface area contributed by atoms with Gasteiger partial charge >= 0.3 is 6.09 Å². The van der Waals surface area contributed by atoms with Crippen LogP contribution in [0.25, 0.3) is 0 Å². The van der Waals surface area contributed by atoms with E-state index in [1.165, 1.54) is 4.90 Å². The monoisotopic (exact) mass is 245 g/mol. The molecule has 1 aliphatic rings. The molecule has 0 aromatic heterocycles. The first-order chi connectivity index (χ1) is 7.76. The molecule has 1 fully saturated rings. The SMILES string of the molecule is CC(C)(C)OC(=O)N1CCCC(O)(CCO)C1. The van der Waals surface area contributed by atoms with Gasteiger partial charge in [0.25, 0.3) is 0 Å². The van der Waals surface area contributed by atoms with Crippen LogP contribution in [0.2, 0.25) is 0 Å². The van der Waals surface area contributed by atoms with E-state index < -0.39 is 17.3 Å². The minimum atomic E-state index is -0.968. The highest BCUT2D eigenvalue weighted by atomic mass is 16.6. The fourth-order valence-corrected chi connectivity index (χ4v) is 2.01. The molecular weight excluding hydrogens is 222 g/mol. The topological polar surface area (TPSA) is 70.0 Å². The second-order valence-electron chi connectivity index (χ2n) is 5.70. The summed E-state index contributed by atoms with van der Waals surface area (Å²) in [6, 6.07) is 0. The molecule has 2 N–H and O–H groups in total. The second-order valence-corrected chi connectivity index (χ2v) is 5.70. The number of likely N-dealkylation sites (tertiary alicyclic amines) is 1. The van der Waals surface area contributed by atoms with Crippen molar-refractivity contribution in [1.82, 2.24) is 4.90 Å². The number of piperidine rings is 1. The van der Waals surface area contributed by atoms with Crippen LogP contribution < -0.4 is 0 Å². The number of ether oxygens (including phenoxy) is 1. The molecule has 1 amide bonds. The van der Waals surface area contributed by atoms with Gasteiger partial charge in [0, 0.05) is 19.6 Å². The van der Waals surface area contributed by atoms with Crippen molar-refractivity contribution < 1.29 is 19.7 Å². The molecule has 1 heterocycles. The summed E-state index contributed by atoms with van der Waals surface area (Å²) in [6.07, 6.45) is 1.25. The van der Waals surface area contributed by atoms with Crippen LogP contribution in [-0.2, 0) is 4.74 Å². The molecule has 0 aliphatic carbocycles. The molecule has 1 saturated heterocycles. The van der Waals surface area contributed by atoms with Crippen LogP contribution in [0.15, 0.2) is 0 Å². The van der Waals surface area contributed by atoms with Gasteiger partial charge in [0.15, 0.2) is 0 Å². The molecule has 17 heavy (non-hydrogen) atoms. The number of hydrogen-bond donors (Lipinski definition) is 2. The lowest BCUT2D eigenvalue weighted by Gasteiger charge is -2.39. The quantitative estimate of drug-likeness (QED) is 0.765. The summed E-state index contributed by atoms with van der Waals surface area (Å²) in [5, 5.41) is 19.1. The largest absolute Gasteiger partial charge is 0.444 e. The molecule has 0 aromatic rings. The van der Waals surface area contributed by atoms with Gasteiger partial charge in [0.1, 0.15) is 5.60 Å². The van der Waals surface area contributed by atoms with Crippen molar-refractivity contribution in [2.45, 2.75) is 51.2 Å². The maximum Gasteiger partial charge on any atom is 0.410 e. The number of aliphatic hydroxyl groups is 2. The molecule has 1 unspecified atom stereocenters. The van der Waals surface area contributed by atoms with E-state index in [1.807, 2.05) is 20.8 Å². The van der Waals surface area contributed by atoms with Gasteiger partial charge in [-0.25, -0.2) is 4.79 Å². The zero-order valence-corrected chi connectivity index (χ0v) is 10.9. The lowest BCUT2D eigenvalue weighted by atomic mass is 9.90. The normalized spacial score (nSPS) is 25.8. The molecule has 1 atom stereocenters. The van der Waals surface area contributed by atoms with E-state index in [0.717, 1.165) is 6.42 Å². The van der Waals surface area contributed by atoms with Crippen LogP contribution in [0, 0.1) is 0 Å². The average Bonchev–Trinajstić information content (AvgIpc) is 2.14. The molecule has 1 aliphatic heterocycles. The third kappa shape index (κ3) is 4.52. The molecule has 100 valence electrons. The Morgan fingerprint density at radius 2 is 2.12 bits per heavy atom. The van der Waals surface area contributed by atoms with Gasteiger partial charge in [0.2, 0.25) is 0 Å². The third-order valence-corrected chi connectivity index (χ3v) is 2.78. The Morgan fingerprint density at radius 1 is 1.47 bits per heavy atom. The van der Waals surface area contributed by atoms with Gasteiger partial charge in [0.05, 0.1) is 12.1 Å². The number of carbonyl (C=O) groups excluding carboxylic acids is 1. The average molecular weight is 245 g/mol. The Kier molecular flexibility index (Phi) is 4.38. The van der Waals surface area contributed by atoms with Crippen molar-refractivity contribution in [2.24, 2.45) is 0 Å². The summed E-state index contributed by atoms with van der Waals surface area (Å²) < 4.78 is 5.26. The van der Waals surface area contributed by atoms with Crippen molar-refractivity contribution >= 4 is 6.09 Å². The number of aliphatic hydroxyl groups excluding tert-OH is 1. The van der Waals surface area contributed by atoms with Crippen molar-refractivity contribution in [2.75, 3.05) is 19.7 Å². The Labute approximate surface area is 102 Å². The lowest BCUT2D eigenvalue weighted by Crippen LogP contribution is -2.51. The zero-order valence-electron chi connectivity index (χ0n) is 10.9. The molecule has 1 rings (SSSR count). The van der Waals surface area contributed by atoms with Crippen LogP contribution in [0.5, 0.6) is 0 Å². The van der Waals surface area contributed by atoms with E-state index >= 15 is 0 Å². The molecule has 0 bridgehead atoms. The Hall–Kier alpha value is -0.810. The minimum Gasteiger partial charge on any atom is -0.444 e. The summed E-state index contributed by atoms with van der Waals surface area (Å²) >= 11 is 0. The van der Waals surface area contributed by atoms with E-state index in [0.29, 0.717) is 19.4 Å². The Balaban J connectivity index is 2.57. The van der Waals surface area contributed by atoms with E-state index in [9.17, 15) is 9.90 Å². The smallest absolute Gasteiger partial charge is 0.410 e. The van der Waals surface area contributed by atoms with Crippen LogP contribution in [-0.4, -0.2) is 52.1 Å². The molecule has 5 nitrogen and oxygen atoms in total. The molecule has 5 heteroatoms. The lowest BCUT2D eigenvalue weighted by molar-refractivity contribution is -0.0538. The minimum absolute atomic E-state index is 0.0708. The zero-order chi connectivity index (χ0) is 13.1. The fourth-order valence-electron chi connectivity index (χ4n) is 2.01. The first-order valence-electron chi connectivity index (χ1n) is 6.07. The molecular formula is C12H23NO4. The highest BCUT2D eigenvalue weighted by molar-refractivity contribution is 5.68. The van der Waals surface area contributed by atoms with Gasteiger partial charge in [-0.15, -0.1) is 0 Å². The summed E-state index contributed by atoms with van der Waals surface area (Å²) in [5.74, 6) is 0. The van der Waals surface area contributed by atoms with E-state index in [-0.39, 0.29) is 13.2 Å². The maximum absolute atomic E-state index is 11.8. The van der Waals surface area contributed by atoms with E-state index in [1.54, 1.807) is 0 Å². The van der Waals surface area contributed by atoms with Gasteiger partial charge in [-0.05, 0) is 33.6 Å². The molecule has 0 radical (unpaired) electrons. The summed E-state index contributed by atoms with van der Waals surface area (Å²) in [4.78, 5) is 13.4. The maximum atomic E-state index is 11.8. The predicted molar refractivity (Wildman–Crippen MR) is 63.7 cm³/mol. The third-order valence-electron chi connectivity index (χ3n) is 2.78. The van der Waals surface area contributed by atoms with Crippen molar-refractivity contribution in [3.8, 4) is 0 Å². The highest BCUT2D eigenvalue weighted by Gasteiger charge is 2.36. The van der Waals surface area contributed by atoms with Crippen molar-refractivity contribution in [1.29, 1.82) is 0 Å². The van der Waals surface area contributed by atoms with Gasteiger partial charge in [-0.3, -0.25) is 0 Å². The van der Waals surface area contributed by atoms with Crippen LogP contribution in [0.4, 0.5) is 4.79 Å². The first kappa shape index (κ1) is 14.3. The number of carbonyl (C=O) groups is 1. The van der Waals surface area contributed by atoms with Gasteiger partial charge < -0.3 is 19.8 Å². The summed E-state index contributed by atoms with van der Waals surface area (Å²) in [6.45, 7) is 6.21. The van der Waals surface area contributed by atoms with Crippen molar-refractivity contribution in [3.63, 3.8) is 0 Å². The Bertz CT molecular complexity index is 270. The molecule has 0 spiro atoms. The van der Waals surface area contributed by atoms with Crippen LogP contribution >= 0.6 is 0 Å². The molecule has 0 saturated carbocycles. The first-order valence-corrected chi connectivity index (χ1v) is 6.07. The second kappa shape index (κ2) is 5.23. The summed E-state index contributed by atoms with van der Waals surface area (Å²) in [5.41, 5.74) is -1.49.